The van der Waals surface area contributed by atoms with Crippen molar-refractivity contribution in [2.24, 2.45) is 10.5 Å². The molecule has 41 heavy (non-hydrogen) atoms. The topological polar surface area (TPSA) is 95.0 Å². The molecular weight excluding hydrogens is 522 g/mol. The SMILES string of the molecule is COc1ccc(C2=NN(c3ccc(C(=O)N4CCN(CCN5CCCC5=O)CC4)cc3)C(=O)C(C)(C)C2)cc1OC. The Morgan fingerprint density at radius 3 is 2.24 bits per heavy atom. The molecule has 0 aliphatic carbocycles. The average Bonchev–Trinajstić information content (AvgIpc) is 3.41. The number of carbonyl (C=O) groups is 3. The second-order valence-electron chi connectivity index (χ2n) is 11.5. The maximum Gasteiger partial charge on any atom is 0.253 e. The van der Waals surface area contributed by atoms with Crippen LogP contribution in [0, 0.1) is 5.41 Å². The molecule has 2 aromatic rings. The average molecular weight is 562 g/mol. The normalized spacial score (nSPS) is 19.4. The molecule has 2 saturated heterocycles. The summed E-state index contributed by atoms with van der Waals surface area (Å²) in [4.78, 5) is 44.6. The first-order chi connectivity index (χ1) is 19.7. The lowest BCUT2D eigenvalue weighted by atomic mass is 9.82. The van der Waals surface area contributed by atoms with Crippen LogP contribution in [0.3, 0.4) is 0 Å². The fourth-order valence-electron chi connectivity index (χ4n) is 5.64. The van der Waals surface area contributed by atoms with E-state index in [9.17, 15) is 14.4 Å². The molecule has 10 nitrogen and oxygen atoms in total. The molecule has 3 amide bonds. The van der Waals surface area contributed by atoms with Crippen LogP contribution in [0.25, 0.3) is 0 Å². The van der Waals surface area contributed by atoms with Crippen molar-refractivity contribution >= 4 is 29.1 Å². The minimum atomic E-state index is -0.666. The first-order valence-corrected chi connectivity index (χ1v) is 14.2. The molecule has 3 aliphatic rings. The zero-order valence-corrected chi connectivity index (χ0v) is 24.4. The highest BCUT2D eigenvalue weighted by atomic mass is 16.5. The summed E-state index contributed by atoms with van der Waals surface area (Å²) < 4.78 is 10.8. The van der Waals surface area contributed by atoms with E-state index in [0.29, 0.717) is 48.7 Å². The predicted octanol–water partition coefficient (Wildman–Crippen LogP) is 3.25. The Morgan fingerprint density at radius 1 is 0.902 bits per heavy atom. The molecule has 10 heteroatoms. The Bertz CT molecular complexity index is 1330. The molecule has 218 valence electrons. The highest BCUT2D eigenvalue weighted by Gasteiger charge is 2.39. The van der Waals surface area contributed by atoms with Gasteiger partial charge in [-0.15, -0.1) is 0 Å². The second-order valence-corrected chi connectivity index (χ2v) is 11.5. The number of hydrogen-bond acceptors (Lipinski definition) is 7. The van der Waals surface area contributed by atoms with Crippen LogP contribution in [0.15, 0.2) is 47.6 Å². The van der Waals surface area contributed by atoms with E-state index in [4.69, 9.17) is 14.6 Å². The van der Waals surface area contributed by atoms with Crippen molar-refractivity contribution < 1.29 is 23.9 Å². The number of piperazine rings is 1. The van der Waals surface area contributed by atoms with Crippen LogP contribution < -0.4 is 14.5 Å². The van der Waals surface area contributed by atoms with Gasteiger partial charge in [0.2, 0.25) is 5.91 Å². The predicted molar refractivity (Wildman–Crippen MR) is 157 cm³/mol. The molecular formula is C31H39N5O5. The van der Waals surface area contributed by atoms with E-state index in [1.54, 1.807) is 38.5 Å². The first kappa shape index (κ1) is 28.6. The van der Waals surface area contributed by atoms with Gasteiger partial charge in [-0.25, -0.2) is 5.01 Å². The first-order valence-electron chi connectivity index (χ1n) is 14.2. The molecule has 0 N–H and O–H groups in total. The number of likely N-dealkylation sites (tertiary alicyclic amines) is 1. The van der Waals surface area contributed by atoms with Crippen LogP contribution in [-0.2, 0) is 9.59 Å². The molecule has 0 atom stereocenters. The number of amides is 3. The van der Waals surface area contributed by atoms with E-state index in [2.05, 4.69) is 4.90 Å². The van der Waals surface area contributed by atoms with Gasteiger partial charge in [0.05, 0.1) is 31.0 Å². The summed E-state index contributed by atoms with van der Waals surface area (Å²) in [5.41, 5.74) is 2.14. The van der Waals surface area contributed by atoms with Crippen molar-refractivity contribution in [1.82, 2.24) is 14.7 Å². The summed E-state index contributed by atoms with van der Waals surface area (Å²) in [7, 11) is 3.18. The third-order valence-corrected chi connectivity index (χ3v) is 8.19. The van der Waals surface area contributed by atoms with Crippen LogP contribution in [0.2, 0.25) is 0 Å². The summed E-state index contributed by atoms with van der Waals surface area (Å²) in [6.45, 7) is 9.16. The van der Waals surface area contributed by atoms with E-state index < -0.39 is 5.41 Å². The van der Waals surface area contributed by atoms with E-state index in [1.165, 1.54) is 5.01 Å². The third kappa shape index (κ3) is 6.07. The summed E-state index contributed by atoms with van der Waals surface area (Å²) in [6.07, 6.45) is 2.10. The molecule has 2 fully saturated rings. The molecule has 5 rings (SSSR count). The van der Waals surface area contributed by atoms with Crippen LogP contribution in [0.1, 0.15) is 49.0 Å². The molecule has 0 spiro atoms. The van der Waals surface area contributed by atoms with Crippen LogP contribution in [0.5, 0.6) is 11.5 Å². The standard InChI is InChI=1S/C31H39N5O5/c1-31(2)21-25(23-9-12-26(40-3)27(20-23)41-4)32-36(30(31)39)24-10-7-22(8-11-24)29(38)35-18-15-33(16-19-35)14-17-34-13-5-6-28(34)37/h7-12,20H,5-6,13-19,21H2,1-4H3. The molecule has 0 bridgehead atoms. The van der Waals surface area contributed by atoms with Gasteiger partial charge in [-0.3, -0.25) is 19.3 Å². The fourth-order valence-corrected chi connectivity index (χ4v) is 5.64. The molecule has 3 aliphatic heterocycles. The molecule has 2 aromatic carbocycles. The molecule has 0 aromatic heterocycles. The molecule has 0 radical (unpaired) electrons. The summed E-state index contributed by atoms with van der Waals surface area (Å²) in [6, 6.07) is 12.7. The number of ether oxygens (including phenoxy) is 2. The number of hydrogen-bond donors (Lipinski definition) is 0. The van der Waals surface area contributed by atoms with Crippen LogP contribution >= 0.6 is 0 Å². The lowest BCUT2D eigenvalue weighted by molar-refractivity contribution is -0.128. The second kappa shape index (κ2) is 11.9. The number of methoxy groups -OCH3 is 2. The minimum Gasteiger partial charge on any atom is -0.493 e. The van der Waals surface area contributed by atoms with Gasteiger partial charge in [-0.05, 0) is 48.9 Å². The van der Waals surface area contributed by atoms with Crippen LogP contribution in [-0.4, -0.2) is 98.2 Å². The van der Waals surface area contributed by atoms with Gasteiger partial charge >= 0.3 is 0 Å². The zero-order chi connectivity index (χ0) is 29.1. The Balaban J connectivity index is 1.25. The maximum absolute atomic E-state index is 13.4. The number of rotatable bonds is 8. The largest absolute Gasteiger partial charge is 0.493 e. The highest BCUT2D eigenvalue weighted by Crippen LogP contribution is 2.36. The van der Waals surface area contributed by atoms with E-state index in [0.717, 1.165) is 50.4 Å². The third-order valence-electron chi connectivity index (χ3n) is 8.19. The van der Waals surface area contributed by atoms with Crippen molar-refractivity contribution in [2.45, 2.75) is 33.1 Å². The van der Waals surface area contributed by atoms with Crippen LogP contribution in [0.4, 0.5) is 5.69 Å². The lowest BCUT2D eigenvalue weighted by Gasteiger charge is -2.36. The van der Waals surface area contributed by atoms with E-state index in [1.807, 2.05) is 41.8 Å². The van der Waals surface area contributed by atoms with Gasteiger partial charge in [0.15, 0.2) is 11.5 Å². The Labute approximate surface area is 241 Å². The van der Waals surface area contributed by atoms with Crippen molar-refractivity contribution in [3.05, 3.63) is 53.6 Å². The number of nitrogens with zero attached hydrogens (tertiary/aromatic N) is 5. The lowest BCUT2D eigenvalue weighted by Crippen LogP contribution is -2.50. The number of hydrazone groups is 1. The minimum absolute atomic E-state index is 0.0225. The van der Waals surface area contributed by atoms with Gasteiger partial charge in [-0.1, -0.05) is 13.8 Å². The van der Waals surface area contributed by atoms with E-state index >= 15 is 0 Å². The molecule has 3 heterocycles. The number of benzene rings is 2. The Hall–Kier alpha value is -3.92. The fraction of sp³-hybridized carbons (Fsp3) is 0.484. The van der Waals surface area contributed by atoms with Crippen molar-refractivity contribution in [3.8, 4) is 11.5 Å². The highest BCUT2D eigenvalue weighted by molar-refractivity contribution is 6.11. The van der Waals surface area contributed by atoms with Gasteiger partial charge in [0.1, 0.15) is 0 Å². The van der Waals surface area contributed by atoms with Gasteiger partial charge in [0.25, 0.3) is 11.8 Å². The Kier molecular flexibility index (Phi) is 8.30. The monoisotopic (exact) mass is 561 g/mol. The summed E-state index contributed by atoms with van der Waals surface area (Å²) >= 11 is 0. The van der Waals surface area contributed by atoms with Gasteiger partial charge < -0.3 is 19.3 Å². The zero-order valence-electron chi connectivity index (χ0n) is 24.4. The number of anilines is 1. The van der Waals surface area contributed by atoms with E-state index in [-0.39, 0.29) is 17.7 Å². The Morgan fingerprint density at radius 2 is 1.61 bits per heavy atom. The summed E-state index contributed by atoms with van der Waals surface area (Å²) in [5, 5.41) is 6.17. The van der Waals surface area contributed by atoms with Crippen molar-refractivity contribution in [3.63, 3.8) is 0 Å². The van der Waals surface area contributed by atoms with Crippen molar-refractivity contribution in [2.75, 3.05) is 65.0 Å². The molecule has 0 saturated carbocycles. The number of carbonyl (C=O) groups excluding carboxylic acids is 3. The maximum atomic E-state index is 13.4. The van der Waals surface area contributed by atoms with Gasteiger partial charge in [0, 0.05) is 69.8 Å². The molecule has 0 unspecified atom stereocenters. The van der Waals surface area contributed by atoms with Crippen molar-refractivity contribution in [1.29, 1.82) is 0 Å². The smallest absolute Gasteiger partial charge is 0.253 e. The quantitative estimate of drug-likeness (QED) is 0.491. The van der Waals surface area contributed by atoms with Gasteiger partial charge in [-0.2, -0.15) is 5.10 Å². The summed E-state index contributed by atoms with van der Waals surface area (Å²) in [5.74, 6) is 1.35.